The van der Waals surface area contributed by atoms with Crippen LogP contribution < -0.4 is 0 Å². The summed E-state index contributed by atoms with van der Waals surface area (Å²) in [4.78, 5) is 11.3. The van der Waals surface area contributed by atoms with Gasteiger partial charge < -0.3 is 0 Å². The lowest BCUT2D eigenvalue weighted by atomic mass is 9.87. The fourth-order valence-electron chi connectivity index (χ4n) is 9.36. The van der Waals surface area contributed by atoms with Crippen molar-refractivity contribution in [2.75, 3.05) is 0 Å². The largest absolute Gasteiger partial charge is 0.292 e. The minimum atomic E-state index is 0.823. The maximum atomic E-state index is 5.75. The molecule has 0 saturated carbocycles. The van der Waals surface area contributed by atoms with E-state index in [1.807, 2.05) is 27.7 Å². The van der Waals surface area contributed by atoms with Crippen molar-refractivity contribution in [3.8, 4) is 39.3 Å². The van der Waals surface area contributed by atoms with Gasteiger partial charge in [0.1, 0.15) is 5.69 Å². The number of rotatable bonds is 4. The molecule has 0 fully saturated rings. The van der Waals surface area contributed by atoms with E-state index in [1.54, 1.807) is 0 Å². The number of benzene rings is 9. The zero-order valence-corrected chi connectivity index (χ0v) is 36.4. The van der Waals surface area contributed by atoms with E-state index in [2.05, 4.69) is 196 Å². The topological polar surface area (TPSA) is 30.7 Å². The number of aryl methyl sites for hydroxylation is 4. The number of para-hydroxylation sites is 1. The Morgan fingerprint density at radius 1 is 0.426 bits per heavy atom. The van der Waals surface area contributed by atoms with E-state index in [0.717, 1.165) is 49.9 Å². The van der Waals surface area contributed by atoms with E-state index >= 15 is 0 Å². The summed E-state index contributed by atoms with van der Waals surface area (Å²) < 4.78 is 2.42. The van der Waals surface area contributed by atoms with Gasteiger partial charge in [-0.15, -0.1) is 0 Å². The first-order chi connectivity index (χ1) is 29.9. The Morgan fingerprint density at radius 2 is 1.03 bits per heavy atom. The van der Waals surface area contributed by atoms with Crippen LogP contribution in [0.5, 0.6) is 0 Å². The van der Waals surface area contributed by atoms with Gasteiger partial charge in [0.25, 0.3) is 0 Å². The van der Waals surface area contributed by atoms with Gasteiger partial charge in [0, 0.05) is 21.7 Å². The lowest BCUT2D eigenvalue weighted by Gasteiger charge is -2.20. The Balaban J connectivity index is 0.00000116. The zero-order valence-electron chi connectivity index (χ0n) is 36.4. The average molecular weight is 790 g/mol. The van der Waals surface area contributed by atoms with E-state index in [0.29, 0.717) is 0 Å². The normalized spacial score (nSPS) is 11.3. The lowest BCUT2D eigenvalue weighted by molar-refractivity contribution is 1.08. The Kier molecular flexibility index (Phi) is 10.4. The third kappa shape index (κ3) is 6.44. The fraction of sp³-hybridized carbons (Fsp3) is 0.138. The molecule has 0 bridgehead atoms. The summed E-state index contributed by atoms with van der Waals surface area (Å²) in [5.41, 5.74) is 15.8. The highest BCUT2D eigenvalue weighted by Gasteiger charge is 2.25. The Bertz CT molecular complexity index is 3460. The first-order valence-corrected chi connectivity index (χ1v) is 21.8. The van der Waals surface area contributed by atoms with Gasteiger partial charge in [-0.3, -0.25) is 4.57 Å². The van der Waals surface area contributed by atoms with Gasteiger partial charge in [-0.25, -0.2) is 9.97 Å². The van der Waals surface area contributed by atoms with Crippen LogP contribution in [-0.4, -0.2) is 14.5 Å². The minimum absolute atomic E-state index is 0.823. The van der Waals surface area contributed by atoms with E-state index in [4.69, 9.17) is 9.97 Å². The number of fused-ring (bicyclic) bond motifs is 9. The highest BCUT2D eigenvalue weighted by atomic mass is 15.1. The summed E-state index contributed by atoms with van der Waals surface area (Å²) in [6.07, 6.45) is 0. The highest BCUT2D eigenvalue weighted by molar-refractivity contribution is 6.26. The highest BCUT2D eigenvalue weighted by Crippen LogP contribution is 2.46. The predicted molar refractivity (Wildman–Crippen MR) is 264 cm³/mol. The molecule has 3 nitrogen and oxygen atoms in total. The van der Waals surface area contributed by atoms with E-state index < -0.39 is 0 Å². The van der Waals surface area contributed by atoms with Gasteiger partial charge >= 0.3 is 0 Å². The standard InChI is InChI=1S/C54H39N3.2C2H6/c1-32-15-5-9-19-40(32)45-31-39(26-25-33(45)2)51-54(56-52-41-20-10-8-16-36(41)27-28-47(52)55-51)57-48-24-14-13-23-44(48)50-43-22-12-11-21-42(43)49(35(4)53(50)57)46-30-38-18-7-6-17-37(38)29-34(46)3;2*1-2/h5-31H,1-4H3;2*1-2H3. The molecular weight excluding hydrogens is 739 g/mol. The van der Waals surface area contributed by atoms with Crippen LogP contribution in [0.15, 0.2) is 164 Å². The van der Waals surface area contributed by atoms with Gasteiger partial charge in [0.05, 0.1) is 22.1 Å². The summed E-state index contributed by atoms with van der Waals surface area (Å²) in [6, 6.07) is 59.4. The molecule has 11 aromatic rings. The fourth-order valence-corrected chi connectivity index (χ4v) is 9.36. The molecule has 0 atom stereocenters. The molecule has 0 N–H and O–H groups in total. The monoisotopic (exact) mass is 789 g/mol. The number of hydrogen-bond donors (Lipinski definition) is 0. The van der Waals surface area contributed by atoms with Gasteiger partial charge in [0.15, 0.2) is 5.82 Å². The molecule has 3 heteroatoms. The quantitative estimate of drug-likeness (QED) is 0.166. The molecule has 0 radical (unpaired) electrons. The van der Waals surface area contributed by atoms with Gasteiger partial charge in [-0.1, -0.05) is 167 Å². The van der Waals surface area contributed by atoms with Crippen molar-refractivity contribution in [3.05, 3.63) is 186 Å². The average Bonchev–Trinajstić information content (AvgIpc) is 3.66. The third-order valence-corrected chi connectivity index (χ3v) is 12.1. The third-order valence-electron chi connectivity index (χ3n) is 12.1. The molecular formula is C58H51N3. The Hall–Kier alpha value is -7.10. The molecule has 298 valence electrons. The first-order valence-electron chi connectivity index (χ1n) is 21.8. The molecule has 0 aliphatic rings. The lowest BCUT2D eigenvalue weighted by Crippen LogP contribution is -2.05. The zero-order chi connectivity index (χ0) is 42.4. The molecule has 0 amide bonds. The molecule has 2 aromatic heterocycles. The smallest absolute Gasteiger partial charge is 0.165 e. The van der Waals surface area contributed by atoms with Gasteiger partial charge in [0.2, 0.25) is 0 Å². The van der Waals surface area contributed by atoms with Crippen LogP contribution in [0.4, 0.5) is 0 Å². The molecule has 0 spiro atoms. The summed E-state index contributed by atoms with van der Waals surface area (Å²) in [5, 5.41) is 9.64. The first kappa shape index (κ1) is 39.4. The van der Waals surface area contributed by atoms with Gasteiger partial charge in [-0.05, 0) is 123 Å². The van der Waals surface area contributed by atoms with Crippen LogP contribution in [-0.2, 0) is 0 Å². The Morgan fingerprint density at radius 3 is 1.79 bits per heavy atom. The van der Waals surface area contributed by atoms with Crippen molar-refractivity contribution in [1.29, 1.82) is 0 Å². The molecule has 0 aliphatic carbocycles. The van der Waals surface area contributed by atoms with E-state index in [9.17, 15) is 0 Å². The second kappa shape index (κ2) is 16.2. The predicted octanol–water partition coefficient (Wildman–Crippen LogP) is 16.5. The van der Waals surface area contributed by atoms with Crippen LogP contribution >= 0.6 is 0 Å². The van der Waals surface area contributed by atoms with Crippen molar-refractivity contribution >= 4 is 65.2 Å². The second-order valence-corrected chi connectivity index (χ2v) is 15.5. The maximum absolute atomic E-state index is 5.75. The summed E-state index contributed by atoms with van der Waals surface area (Å²) in [5.74, 6) is 0.823. The van der Waals surface area contributed by atoms with E-state index in [1.165, 1.54) is 76.8 Å². The van der Waals surface area contributed by atoms with Crippen molar-refractivity contribution in [2.45, 2.75) is 55.4 Å². The van der Waals surface area contributed by atoms with Gasteiger partial charge in [-0.2, -0.15) is 0 Å². The van der Waals surface area contributed by atoms with Crippen LogP contribution in [0.3, 0.4) is 0 Å². The molecule has 0 saturated heterocycles. The Labute approximate surface area is 359 Å². The molecule has 9 aromatic carbocycles. The molecule has 0 unspecified atom stereocenters. The summed E-state index contributed by atoms with van der Waals surface area (Å²) in [7, 11) is 0. The summed E-state index contributed by atoms with van der Waals surface area (Å²) >= 11 is 0. The van der Waals surface area contributed by atoms with Crippen LogP contribution in [0.25, 0.3) is 104 Å². The van der Waals surface area contributed by atoms with Crippen LogP contribution in [0, 0.1) is 27.7 Å². The number of hydrogen-bond acceptors (Lipinski definition) is 2. The van der Waals surface area contributed by atoms with Crippen LogP contribution in [0.1, 0.15) is 49.9 Å². The number of nitrogens with zero attached hydrogens (tertiary/aromatic N) is 3. The van der Waals surface area contributed by atoms with Crippen LogP contribution in [0.2, 0.25) is 0 Å². The molecule has 0 aliphatic heterocycles. The molecule has 11 rings (SSSR count). The maximum Gasteiger partial charge on any atom is 0.165 e. The van der Waals surface area contributed by atoms with Crippen molar-refractivity contribution in [2.24, 2.45) is 0 Å². The minimum Gasteiger partial charge on any atom is -0.292 e. The SMILES string of the molecule is CC.CC.Cc1ccccc1-c1cc(-c2nc3ccc4ccccc4c3nc2-n2c3ccccc3c3c4ccccc4c(-c4cc5ccccc5cc4C)c(C)c32)ccc1C. The number of aromatic nitrogens is 3. The second-order valence-electron chi connectivity index (χ2n) is 15.5. The van der Waals surface area contributed by atoms with Crippen molar-refractivity contribution < 1.29 is 0 Å². The molecule has 2 heterocycles. The summed E-state index contributed by atoms with van der Waals surface area (Å²) in [6.45, 7) is 16.9. The van der Waals surface area contributed by atoms with Crippen molar-refractivity contribution in [3.63, 3.8) is 0 Å². The molecule has 61 heavy (non-hydrogen) atoms. The van der Waals surface area contributed by atoms with E-state index in [-0.39, 0.29) is 0 Å². The van der Waals surface area contributed by atoms with Crippen molar-refractivity contribution in [1.82, 2.24) is 14.5 Å².